The lowest BCUT2D eigenvalue weighted by Gasteiger charge is -1.90. The number of carboxylic acids is 2. The van der Waals surface area contributed by atoms with Crippen LogP contribution in [0, 0.1) is 0 Å². The van der Waals surface area contributed by atoms with E-state index in [1.165, 1.54) is 5.54 Å². The van der Waals surface area contributed by atoms with E-state index in [9.17, 15) is 19.8 Å². The van der Waals surface area contributed by atoms with Gasteiger partial charge in [0, 0.05) is 0 Å². The Morgan fingerprint density at radius 2 is 1.23 bits per heavy atom. The largest absolute Gasteiger partial charge is 0.545 e. The molecule has 0 spiro atoms. The number of rotatable bonds is 2. The van der Waals surface area contributed by atoms with Gasteiger partial charge in [0.15, 0.2) is 0 Å². The molecule has 0 aromatic carbocycles. The van der Waals surface area contributed by atoms with Crippen molar-refractivity contribution in [1.82, 2.24) is 12.3 Å². The van der Waals surface area contributed by atoms with E-state index in [-0.39, 0.29) is 12.3 Å². The molecule has 0 heterocycles. The second-order valence-corrected chi connectivity index (χ2v) is 1.43. The fourth-order valence-electron chi connectivity index (χ4n) is 0.136. The highest BCUT2D eigenvalue weighted by molar-refractivity contribution is 6.25. The predicted octanol–water partition coefficient (Wildman–Crippen LogP) is -0.836. The summed E-state index contributed by atoms with van der Waals surface area (Å²) in [6, 6.07) is 0. The van der Waals surface area contributed by atoms with Gasteiger partial charge in [0.05, 0.1) is 11.9 Å². The molecule has 0 aromatic rings. The average Bonchev–Trinajstić information content (AvgIpc) is 1.85. The highest BCUT2D eigenvalue weighted by atomic mass is 35.5. The van der Waals surface area contributed by atoms with Gasteiger partial charge in [-0.2, -0.15) is 0 Å². The maximum absolute atomic E-state index is 9.41. The first-order chi connectivity index (χ1) is 5.04. The molecule has 0 saturated heterocycles. The molecule has 0 saturated carbocycles. The van der Waals surface area contributed by atoms with E-state index in [1.54, 1.807) is 0 Å². The number of carboxylic acid groups (broad SMARTS) is 2. The van der Waals surface area contributed by atoms with Crippen molar-refractivity contribution in [3.63, 3.8) is 0 Å². The Balaban J connectivity index is -0.0000000720. The molecular weight excluding hydrogens is 200 g/mol. The standard InChI is InChI=1S/C4H4O4.C2H3Cl.2H3N/c5-3(6)1-2-4(7)8;1-2-3;;/h1-2H,(H,5,6)(H,7,8);2H,1H2;2*1H3. The monoisotopic (exact) mass is 212 g/mol. The zero-order valence-electron chi connectivity index (χ0n) is 7.45. The van der Waals surface area contributed by atoms with Gasteiger partial charge in [-0.15, -0.1) is 0 Å². The van der Waals surface area contributed by atoms with Crippen LogP contribution in [-0.4, -0.2) is 11.9 Å². The molecule has 8 N–H and O–H groups in total. The molecule has 7 heteroatoms. The summed E-state index contributed by atoms with van der Waals surface area (Å²) >= 11 is 4.76. The lowest BCUT2D eigenvalue weighted by molar-refractivity contribution is -0.301. The Kier molecular flexibility index (Phi) is 29.4. The van der Waals surface area contributed by atoms with Gasteiger partial charge in [0.2, 0.25) is 0 Å². The van der Waals surface area contributed by atoms with Gasteiger partial charge in [-0.25, -0.2) is 0 Å². The Morgan fingerprint density at radius 1 is 1.08 bits per heavy atom. The second-order valence-electron chi connectivity index (χ2n) is 1.13. The zero-order valence-corrected chi connectivity index (χ0v) is 8.21. The van der Waals surface area contributed by atoms with Crippen molar-refractivity contribution in [1.29, 1.82) is 0 Å². The predicted molar refractivity (Wildman–Crippen MR) is 47.2 cm³/mol. The minimum atomic E-state index is -1.55. The first kappa shape index (κ1) is 22.6. The van der Waals surface area contributed by atoms with Crippen LogP contribution in [0.15, 0.2) is 24.3 Å². The van der Waals surface area contributed by atoms with Crippen LogP contribution in [0.4, 0.5) is 0 Å². The highest BCUT2D eigenvalue weighted by Crippen LogP contribution is 1.64. The number of carbonyl (C=O) groups excluding carboxylic acids is 2. The van der Waals surface area contributed by atoms with E-state index in [1.807, 2.05) is 0 Å². The van der Waals surface area contributed by atoms with Gasteiger partial charge in [0.25, 0.3) is 0 Å². The normalized spacial score (nSPS) is 6.85. The average molecular weight is 213 g/mol. The number of aliphatic carboxylic acids is 2. The topological polar surface area (TPSA) is 153 Å². The smallest absolute Gasteiger partial charge is 0.0643 e. The first-order valence-electron chi connectivity index (χ1n) is 2.35. The minimum Gasteiger partial charge on any atom is -0.545 e. The van der Waals surface area contributed by atoms with Gasteiger partial charge >= 0.3 is 0 Å². The minimum absolute atomic E-state index is 0. The molecule has 6 nitrogen and oxygen atoms in total. The summed E-state index contributed by atoms with van der Waals surface area (Å²) in [7, 11) is 0. The van der Waals surface area contributed by atoms with Crippen molar-refractivity contribution < 1.29 is 19.8 Å². The molecule has 0 bridgehead atoms. The van der Waals surface area contributed by atoms with Gasteiger partial charge < -0.3 is 32.1 Å². The summed E-state index contributed by atoms with van der Waals surface area (Å²) in [5, 5.41) is 18.8. The van der Waals surface area contributed by atoms with Crippen LogP contribution in [0.3, 0.4) is 0 Å². The van der Waals surface area contributed by atoms with Crippen LogP contribution in [0.5, 0.6) is 0 Å². The molecule has 78 valence electrons. The maximum atomic E-state index is 9.41. The van der Waals surface area contributed by atoms with Crippen LogP contribution in [0.2, 0.25) is 0 Å². The van der Waals surface area contributed by atoms with Crippen molar-refractivity contribution in [2.24, 2.45) is 0 Å². The summed E-state index contributed by atoms with van der Waals surface area (Å²) in [5.74, 6) is -3.09. The van der Waals surface area contributed by atoms with Gasteiger partial charge in [-0.1, -0.05) is 18.2 Å². The van der Waals surface area contributed by atoms with Crippen LogP contribution in [-0.2, 0) is 9.59 Å². The quantitative estimate of drug-likeness (QED) is 0.573. The Hall–Kier alpha value is -1.37. The Bertz CT molecular complexity index is 165. The third-order valence-electron chi connectivity index (χ3n) is 0.355. The van der Waals surface area contributed by atoms with Crippen molar-refractivity contribution in [3.05, 3.63) is 24.3 Å². The molecular formula is C6H13ClN2O4. The van der Waals surface area contributed by atoms with Gasteiger partial charge in [-0.05, 0) is 17.7 Å². The van der Waals surface area contributed by atoms with Crippen molar-refractivity contribution >= 4 is 23.5 Å². The van der Waals surface area contributed by atoms with Crippen LogP contribution in [0.25, 0.3) is 0 Å². The molecule has 0 amide bonds. The summed E-state index contributed by atoms with van der Waals surface area (Å²) in [6.07, 6.45) is 0.769. The molecule has 0 radical (unpaired) electrons. The Labute approximate surface area is 80.7 Å². The van der Waals surface area contributed by atoms with Gasteiger partial charge in [0.1, 0.15) is 0 Å². The molecule has 0 aliphatic heterocycles. The lowest BCUT2D eigenvalue weighted by atomic mass is 10.5. The summed E-state index contributed by atoms with van der Waals surface area (Å²) in [4.78, 5) is 18.8. The molecule has 0 aromatic heterocycles. The third-order valence-corrected chi connectivity index (χ3v) is 0.355. The summed E-state index contributed by atoms with van der Waals surface area (Å²) in [6.45, 7) is 3.13. The number of hydrogen-bond acceptors (Lipinski definition) is 4. The molecule has 0 atom stereocenters. The van der Waals surface area contributed by atoms with Crippen LogP contribution in [0.1, 0.15) is 0 Å². The molecule has 13 heavy (non-hydrogen) atoms. The molecule has 0 aliphatic carbocycles. The third kappa shape index (κ3) is 60.1. The lowest BCUT2D eigenvalue weighted by Crippen LogP contribution is -2.23. The van der Waals surface area contributed by atoms with E-state index in [0.717, 1.165) is 0 Å². The van der Waals surface area contributed by atoms with Crippen LogP contribution >= 0.6 is 11.6 Å². The molecule has 0 fully saturated rings. The SMILES string of the molecule is C=CCl.O=C([O-])C=CC(=O)[O-].[NH4+].[NH4+]. The van der Waals surface area contributed by atoms with Crippen molar-refractivity contribution in [2.75, 3.05) is 0 Å². The second kappa shape index (κ2) is 16.9. The summed E-state index contributed by atoms with van der Waals surface area (Å²) in [5.41, 5.74) is 1.22. The zero-order chi connectivity index (χ0) is 9.28. The fourth-order valence-corrected chi connectivity index (χ4v) is 0.136. The number of halogens is 1. The van der Waals surface area contributed by atoms with E-state index in [4.69, 9.17) is 11.6 Å². The number of hydrogen-bond donors (Lipinski definition) is 2. The van der Waals surface area contributed by atoms with Crippen LogP contribution < -0.4 is 22.5 Å². The Morgan fingerprint density at radius 3 is 1.31 bits per heavy atom. The van der Waals surface area contributed by atoms with E-state index >= 15 is 0 Å². The summed E-state index contributed by atoms with van der Waals surface area (Å²) < 4.78 is 0. The maximum Gasteiger partial charge on any atom is 0.0643 e. The highest BCUT2D eigenvalue weighted by Gasteiger charge is 1.70. The molecule has 0 aliphatic rings. The number of quaternary nitrogens is 2. The number of carbonyl (C=O) groups is 2. The molecule has 0 unspecified atom stereocenters. The van der Waals surface area contributed by atoms with E-state index in [0.29, 0.717) is 12.2 Å². The van der Waals surface area contributed by atoms with Crippen molar-refractivity contribution in [3.8, 4) is 0 Å². The molecule has 0 rings (SSSR count). The fraction of sp³-hybridized carbons (Fsp3) is 0. The van der Waals surface area contributed by atoms with Gasteiger partial charge in [-0.3, -0.25) is 0 Å². The first-order valence-corrected chi connectivity index (χ1v) is 2.79. The van der Waals surface area contributed by atoms with E-state index < -0.39 is 11.9 Å². The van der Waals surface area contributed by atoms with Crippen molar-refractivity contribution in [2.45, 2.75) is 0 Å². The van der Waals surface area contributed by atoms with E-state index in [2.05, 4.69) is 6.58 Å².